The van der Waals surface area contributed by atoms with Crippen LogP contribution in [0.3, 0.4) is 0 Å². The van der Waals surface area contributed by atoms with Crippen LogP contribution in [0.4, 0.5) is 5.82 Å². The van der Waals surface area contributed by atoms with Crippen LogP contribution in [0, 0.1) is 5.92 Å². The van der Waals surface area contributed by atoms with Crippen molar-refractivity contribution in [2.24, 2.45) is 5.92 Å². The molecule has 1 aromatic heterocycles. The van der Waals surface area contributed by atoms with Crippen LogP contribution in [-0.2, 0) is 14.3 Å². The SMILES string of the molecule is CS(=O)(=O)OC[C@@H]1CC[C@H]2CN(c3noc4ccccc34)CCN2C1. The van der Waals surface area contributed by atoms with Crippen molar-refractivity contribution in [1.29, 1.82) is 0 Å². The van der Waals surface area contributed by atoms with E-state index in [1.807, 2.05) is 24.3 Å². The number of nitrogens with zero attached hydrogens (tertiary/aromatic N) is 3. The van der Waals surface area contributed by atoms with Crippen LogP contribution >= 0.6 is 0 Å². The summed E-state index contributed by atoms with van der Waals surface area (Å²) in [4.78, 5) is 4.76. The molecule has 2 aromatic rings. The van der Waals surface area contributed by atoms with Crippen LogP contribution in [-0.4, -0.2) is 63.6 Å². The Kier molecular flexibility index (Phi) is 4.43. The maximum absolute atomic E-state index is 11.2. The fourth-order valence-corrected chi connectivity index (χ4v) is 4.35. The molecule has 2 aliphatic heterocycles. The van der Waals surface area contributed by atoms with E-state index < -0.39 is 10.1 Å². The molecule has 2 saturated heterocycles. The molecule has 25 heavy (non-hydrogen) atoms. The van der Waals surface area contributed by atoms with E-state index in [0.29, 0.717) is 12.6 Å². The van der Waals surface area contributed by atoms with Crippen LogP contribution in [0.25, 0.3) is 11.0 Å². The summed E-state index contributed by atoms with van der Waals surface area (Å²) in [6.45, 7) is 3.96. The Labute approximate surface area is 147 Å². The van der Waals surface area contributed by atoms with Gasteiger partial charge in [0, 0.05) is 32.2 Å². The predicted molar refractivity (Wildman–Crippen MR) is 95.1 cm³/mol. The molecule has 0 bridgehead atoms. The molecular weight excluding hydrogens is 342 g/mol. The summed E-state index contributed by atoms with van der Waals surface area (Å²) in [5, 5.41) is 5.34. The summed E-state index contributed by atoms with van der Waals surface area (Å²) in [6.07, 6.45) is 3.15. The normalized spacial score (nSPS) is 25.2. The first-order chi connectivity index (χ1) is 12.0. The number of fused-ring (bicyclic) bond motifs is 2. The summed E-state index contributed by atoms with van der Waals surface area (Å²) in [5.41, 5.74) is 0.821. The number of piperazine rings is 1. The molecule has 0 radical (unpaired) electrons. The molecule has 2 aliphatic rings. The van der Waals surface area contributed by atoms with Gasteiger partial charge in [0.25, 0.3) is 10.1 Å². The zero-order chi connectivity index (χ0) is 17.4. The third-order valence-electron chi connectivity index (χ3n) is 5.18. The van der Waals surface area contributed by atoms with Crippen molar-refractivity contribution in [3.63, 3.8) is 0 Å². The number of anilines is 1. The molecule has 7 nitrogen and oxygen atoms in total. The molecule has 0 aliphatic carbocycles. The lowest BCUT2D eigenvalue weighted by Gasteiger charge is -2.46. The van der Waals surface area contributed by atoms with Gasteiger partial charge in [0.15, 0.2) is 11.4 Å². The van der Waals surface area contributed by atoms with Gasteiger partial charge in [-0.05, 0) is 30.9 Å². The topological polar surface area (TPSA) is 75.9 Å². The number of rotatable bonds is 4. The fraction of sp³-hybridized carbons (Fsp3) is 0.588. The lowest BCUT2D eigenvalue weighted by Crippen LogP contribution is -2.57. The molecule has 0 saturated carbocycles. The highest BCUT2D eigenvalue weighted by molar-refractivity contribution is 7.85. The van der Waals surface area contributed by atoms with E-state index in [0.717, 1.165) is 62.1 Å². The summed E-state index contributed by atoms with van der Waals surface area (Å²) in [7, 11) is -3.36. The summed E-state index contributed by atoms with van der Waals surface area (Å²) < 4.78 is 32.8. The van der Waals surface area contributed by atoms with Crippen molar-refractivity contribution in [1.82, 2.24) is 10.1 Å². The largest absolute Gasteiger partial charge is 0.354 e. The first kappa shape index (κ1) is 16.8. The minimum absolute atomic E-state index is 0.283. The highest BCUT2D eigenvalue weighted by Crippen LogP contribution is 2.31. The van der Waals surface area contributed by atoms with Gasteiger partial charge in [-0.25, -0.2) is 0 Å². The van der Waals surface area contributed by atoms with Crippen molar-refractivity contribution in [3.05, 3.63) is 24.3 Å². The quantitative estimate of drug-likeness (QED) is 0.763. The molecule has 4 rings (SSSR count). The van der Waals surface area contributed by atoms with Crippen LogP contribution in [0.5, 0.6) is 0 Å². The van der Waals surface area contributed by atoms with Gasteiger partial charge in [-0.2, -0.15) is 8.42 Å². The van der Waals surface area contributed by atoms with Gasteiger partial charge in [0.1, 0.15) is 0 Å². The Bertz CT molecular complexity index is 850. The average Bonchev–Trinajstić information content (AvgIpc) is 3.03. The van der Waals surface area contributed by atoms with E-state index in [1.54, 1.807) is 0 Å². The van der Waals surface area contributed by atoms with Gasteiger partial charge in [0.05, 0.1) is 18.2 Å². The fourth-order valence-electron chi connectivity index (χ4n) is 3.91. The molecule has 1 aromatic carbocycles. The van der Waals surface area contributed by atoms with Crippen molar-refractivity contribution in [2.75, 3.05) is 43.9 Å². The predicted octanol–water partition coefficient (Wildman–Crippen LogP) is 1.70. The Morgan fingerprint density at radius 3 is 2.92 bits per heavy atom. The number of piperidine rings is 1. The van der Waals surface area contributed by atoms with Crippen LogP contribution in [0.15, 0.2) is 28.8 Å². The number of para-hydroxylation sites is 1. The minimum atomic E-state index is -3.36. The van der Waals surface area contributed by atoms with E-state index in [9.17, 15) is 8.42 Å². The van der Waals surface area contributed by atoms with Gasteiger partial charge >= 0.3 is 0 Å². The second-order valence-electron chi connectivity index (χ2n) is 7.03. The van der Waals surface area contributed by atoms with E-state index in [1.165, 1.54) is 0 Å². The molecule has 8 heteroatoms. The molecule has 136 valence electrons. The van der Waals surface area contributed by atoms with E-state index in [2.05, 4.69) is 15.0 Å². The smallest absolute Gasteiger partial charge is 0.264 e. The van der Waals surface area contributed by atoms with E-state index in [4.69, 9.17) is 8.71 Å². The van der Waals surface area contributed by atoms with Gasteiger partial charge in [0.2, 0.25) is 0 Å². The second-order valence-corrected chi connectivity index (χ2v) is 8.67. The van der Waals surface area contributed by atoms with Crippen molar-refractivity contribution >= 4 is 26.9 Å². The molecule has 0 unspecified atom stereocenters. The zero-order valence-electron chi connectivity index (χ0n) is 14.3. The molecule has 0 N–H and O–H groups in total. The molecule has 0 spiro atoms. The third kappa shape index (κ3) is 3.65. The summed E-state index contributed by atoms with van der Waals surface area (Å²) in [5.74, 6) is 1.21. The minimum Gasteiger partial charge on any atom is -0.354 e. The average molecular weight is 365 g/mol. The van der Waals surface area contributed by atoms with Crippen molar-refractivity contribution in [2.45, 2.75) is 18.9 Å². The zero-order valence-corrected chi connectivity index (χ0v) is 15.1. The second kappa shape index (κ2) is 6.59. The van der Waals surface area contributed by atoms with Gasteiger partial charge in [-0.15, -0.1) is 0 Å². The van der Waals surface area contributed by atoms with Gasteiger partial charge in [-0.3, -0.25) is 9.08 Å². The Morgan fingerprint density at radius 2 is 2.08 bits per heavy atom. The molecular formula is C17H23N3O4S. The molecule has 2 fully saturated rings. The Hall–Kier alpha value is -1.64. The number of aromatic nitrogens is 1. The van der Waals surface area contributed by atoms with Crippen LogP contribution < -0.4 is 4.90 Å². The third-order valence-corrected chi connectivity index (χ3v) is 5.75. The molecule has 0 amide bonds. The van der Waals surface area contributed by atoms with E-state index >= 15 is 0 Å². The number of hydrogen-bond acceptors (Lipinski definition) is 7. The monoisotopic (exact) mass is 365 g/mol. The lowest BCUT2D eigenvalue weighted by molar-refractivity contribution is 0.0743. The Balaban J connectivity index is 1.40. The van der Waals surface area contributed by atoms with Crippen molar-refractivity contribution < 1.29 is 17.1 Å². The summed E-state index contributed by atoms with van der Waals surface area (Å²) in [6, 6.07) is 8.42. The highest BCUT2D eigenvalue weighted by Gasteiger charge is 2.34. The van der Waals surface area contributed by atoms with Gasteiger partial charge in [-0.1, -0.05) is 17.3 Å². The van der Waals surface area contributed by atoms with Crippen molar-refractivity contribution in [3.8, 4) is 0 Å². The first-order valence-electron chi connectivity index (χ1n) is 8.67. The maximum Gasteiger partial charge on any atom is 0.264 e. The van der Waals surface area contributed by atoms with E-state index in [-0.39, 0.29) is 5.92 Å². The number of benzene rings is 1. The standard InChI is InChI=1S/C17H23N3O4S/c1-25(21,22)23-12-13-6-7-14-11-20(9-8-19(14)10-13)17-15-4-2-3-5-16(15)24-18-17/h2-5,13-14H,6-12H2,1H3/t13-,14+/m1/s1. The van der Waals surface area contributed by atoms with Gasteiger partial charge < -0.3 is 9.42 Å². The molecule has 2 atom stereocenters. The Morgan fingerprint density at radius 1 is 1.24 bits per heavy atom. The highest BCUT2D eigenvalue weighted by atomic mass is 32.2. The molecule has 3 heterocycles. The number of hydrogen-bond donors (Lipinski definition) is 0. The first-order valence-corrected chi connectivity index (χ1v) is 10.5. The maximum atomic E-state index is 11.2. The lowest BCUT2D eigenvalue weighted by atomic mass is 9.91. The van der Waals surface area contributed by atoms with Crippen LogP contribution in [0.2, 0.25) is 0 Å². The summed E-state index contributed by atoms with van der Waals surface area (Å²) >= 11 is 0. The van der Waals surface area contributed by atoms with Crippen LogP contribution in [0.1, 0.15) is 12.8 Å².